The fourth-order valence-electron chi connectivity index (χ4n) is 2.62. The molecule has 1 aromatic carbocycles. The van der Waals surface area contributed by atoms with Gasteiger partial charge in [-0.25, -0.2) is 13.1 Å². The quantitative estimate of drug-likeness (QED) is 0.521. The second kappa shape index (κ2) is 8.00. The molecule has 27 heavy (non-hydrogen) atoms. The van der Waals surface area contributed by atoms with Crippen LogP contribution in [-0.4, -0.2) is 13.6 Å². The van der Waals surface area contributed by atoms with Crippen LogP contribution in [0.2, 0.25) is 0 Å². The first kappa shape index (κ1) is 19.9. The number of thiophene rings is 1. The van der Waals surface area contributed by atoms with Gasteiger partial charge in [-0.1, -0.05) is 41.1 Å². The van der Waals surface area contributed by atoms with Crippen LogP contribution in [0.1, 0.15) is 27.9 Å². The van der Waals surface area contributed by atoms with Crippen molar-refractivity contribution in [2.75, 3.05) is 4.72 Å². The van der Waals surface area contributed by atoms with Gasteiger partial charge in [0, 0.05) is 0 Å². The van der Waals surface area contributed by atoms with Crippen molar-refractivity contribution in [1.82, 2.24) is 5.16 Å². The molecule has 0 radical (unpaired) electrons. The molecule has 3 rings (SSSR count). The molecular weight excluding hydrogens is 448 g/mol. The standard InChI is InChI=1S/C19H19BrN2O3S2/c1-12-7-8-15(13(2)11-12)5-4-6-16-9-10-26-19(16)27(23,24)22-18-17(20)14(3)21-25-18/h4-5,7-11,22H,6H2,1-3H3/b5-4+. The molecule has 0 atom stereocenters. The second-order valence-electron chi connectivity index (χ2n) is 6.22. The highest BCUT2D eigenvalue weighted by atomic mass is 79.9. The molecule has 5 nitrogen and oxygen atoms in total. The summed E-state index contributed by atoms with van der Waals surface area (Å²) in [7, 11) is -3.75. The largest absolute Gasteiger partial charge is 0.336 e. The van der Waals surface area contributed by atoms with Gasteiger partial charge in [0.05, 0.1) is 5.69 Å². The van der Waals surface area contributed by atoms with Gasteiger partial charge in [0.1, 0.15) is 8.68 Å². The van der Waals surface area contributed by atoms with Crippen molar-refractivity contribution in [1.29, 1.82) is 0 Å². The Balaban J connectivity index is 1.79. The zero-order valence-electron chi connectivity index (χ0n) is 15.1. The number of hydrogen-bond acceptors (Lipinski definition) is 5. The topological polar surface area (TPSA) is 72.2 Å². The molecule has 1 N–H and O–H groups in total. The third-order valence-corrected chi connectivity index (χ3v) is 7.86. The van der Waals surface area contributed by atoms with Gasteiger partial charge in [-0.3, -0.25) is 0 Å². The third kappa shape index (κ3) is 4.51. The van der Waals surface area contributed by atoms with Gasteiger partial charge in [-0.2, -0.15) is 0 Å². The van der Waals surface area contributed by atoms with Crippen LogP contribution in [0.5, 0.6) is 0 Å². The van der Waals surface area contributed by atoms with E-state index in [0.29, 0.717) is 16.6 Å². The van der Waals surface area contributed by atoms with Crippen molar-refractivity contribution in [3.8, 4) is 0 Å². The Bertz CT molecular complexity index is 1100. The van der Waals surface area contributed by atoms with Gasteiger partial charge >= 0.3 is 0 Å². The van der Waals surface area contributed by atoms with Gasteiger partial charge in [0.25, 0.3) is 15.9 Å². The SMILES string of the molecule is Cc1ccc(/C=C/Cc2ccsc2S(=O)(=O)Nc2onc(C)c2Br)c(C)c1. The van der Waals surface area contributed by atoms with E-state index in [1.807, 2.05) is 18.2 Å². The number of aromatic nitrogens is 1. The average molecular weight is 467 g/mol. The Morgan fingerprint density at radius 1 is 1.26 bits per heavy atom. The minimum Gasteiger partial charge on any atom is -0.336 e. The van der Waals surface area contributed by atoms with Crippen LogP contribution in [0, 0.1) is 20.8 Å². The third-order valence-electron chi connectivity index (χ3n) is 4.03. The lowest BCUT2D eigenvalue weighted by atomic mass is 10.0. The van der Waals surface area contributed by atoms with Crippen molar-refractivity contribution in [3.05, 3.63) is 68.1 Å². The van der Waals surface area contributed by atoms with Gasteiger partial charge < -0.3 is 4.52 Å². The van der Waals surface area contributed by atoms with Crippen LogP contribution in [0.4, 0.5) is 5.88 Å². The summed E-state index contributed by atoms with van der Waals surface area (Å²) in [5.74, 6) is 0.0812. The number of hydrogen-bond donors (Lipinski definition) is 1. The number of nitrogens with zero attached hydrogens (tertiary/aromatic N) is 1. The Kier molecular flexibility index (Phi) is 5.88. The van der Waals surface area contributed by atoms with E-state index in [2.05, 4.69) is 57.9 Å². The van der Waals surface area contributed by atoms with Gasteiger partial charge in [-0.05, 0) is 71.3 Å². The number of nitrogens with one attached hydrogen (secondary N) is 1. The lowest BCUT2D eigenvalue weighted by Gasteiger charge is -2.05. The average Bonchev–Trinajstić information content (AvgIpc) is 3.19. The molecular formula is C19H19BrN2O3S2. The number of anilines is 1. The molecule has 0 unspecified atom stereocenters. The summed E-state index contributed by atoms with van der Waals surface area (Å²) in [5.41, 5.74) is 4.85. The molecule has 2 aromatic heterocycles. The maximum atomic E-state index is 12.7. The highest BCUT2D eigenvalue weighted by Crippen LogP contribution is 2.30. The molecule has 0 spiro atoms. The Labute approximate surface area is 171 Å². The second-order valence-corrected chi connectivity index (χ2v) is 9.80. The summed E-state index contributed by atoms with van der Waals surface area (Å²) in [6.45, 7) is 5.85. The molecule has 0 bridgehead atoms. The van der Waals surface area contributed by atoms with Crippen LogP contribution in [0.15, 0.2) is 48.9 Å². The molecule has 0 aliphatic rings. The van der Waals surface area contributed by atoms with Gasteiger partial charge in [-0.15, -0.1) is 11.3 Å². The van der Waals surface area contributed by atoms with E-state index in [-0.39, 0.29) is 10.1 Å². The Hall–Kier alpha value is -1.90. The number of rotatable bonds is 6. The van der Waals surface area contributed by atoms with E-state index in [4.69, 9.17) is 4.52 Å². The van der Waals surface area contributed by atoms with E-state index < -0.39 is 10.0 Å². The fraction of sp³-hybridized carbons (Fsp3) is 0.211. The van der Waals surface area contributed by atoms with E-state index in [0.717, 1.165) is 11.1 Å². The Morgan fingerprint density at radius 3 is 2.70 bits per heavy atom. The highest BCUT2D eigenvalue weighted by molar-refractivity contribution is 9.10. The van der Waals surface area contributed by atoms with E-state index in [1.54, 1.807) is 12.3 Å². The summed E-state index contributed by atoms with van der Waals surface area (Å²) in [6.07, 6.45) is 4.52. The Morgan fingerprint density at radius 2 is 2.04 bits per heavy atom. The summed E-state index contributed by atoms with van der Waals surface area (Å²) in [6, 6.07) is 8.08. The maximum absolute atomic E-state index is 12.7. The van der Waals surface area contributed by atoms with Crippen molar-refractivity contribution in [2.24, 2.45) is 0 Å². The number of sulfonamides is 1. The monoisotopic (exact) mass is 466 g/mol. The summed E-state index contributed by atoms with van der Waals surface area (Å²) in [4.78, 5) is 0. The number of allylic oxidation sites excluding steroid dienone is 1. The highest BCUT2D eigenvalue weighted by Gasteiger charge is 2.23. The molecule has 142 valence electrons. The summed E-state index contributed by atoms with van der Waals surface area (Å²) < 4.78 is 33.7. The molecule has 3 aromatic rings. The molecule has 0 fully saturated rings. The predicted molar refractivity (Wildman–Crippen MR) is 113 cm³/mol. The minimum atomic E-state index is -3.75. The first-order chi connectivity index (χ1) is 12.8. The van der Waals surface area contributed by atoms with E-state index >= 15 is 0 Å². The van der Waals surface area contributed by atoms with E-state index in [9.17, 15) is 8.42 Å². The van der Waals surface area contributed by atoms with Crippen molar-refractivity contribution < 1.29 is 12.9 Å². The van der Waals surface area contributed by atoms with Crippen molar-refractivity contribution in [2.45, 2.75) is 31.4 Å². The van der Waals surface area contributed by atoms with Crippen LogP contribution in [-0.2, 0) is 16.4 Å². The summed E-state index contributed by atoms with van der Waals surface area (Å²) in [5, 5.41) is 5.52. The zero-order valence-corrected chi connectivity index (χ0v) is 18.3. The van der Waals surface area contributed by atoms with Crippen molar-refractivity contribution >= 4 is 49.3 Å². The summed E-state index contributed by atoms with van der Waals surface area (Å²) >= 11 is 4.45. The minimum absolute atomic E-state index is 0.0812. The molecule has 8 heteroatoms. The predicted octanol–water partition coefficient (Wildman–Crippen LogP) is 5.48. The number of halogens is 1. The smallest absolute Gasteiger partial charge is 0.274 e. The molecule has 0 saturated carbocycles. The zero-order chi connectivity index (χ0) is 19.6. The van der Waals surface area contributed by atoms with Crippen LogP contribution in [0.3, 0.4) is 0 Å². The van der Waals surface area contributed by atoms with Gasteiger partial charge in [0.15, 0.2) is 0 Å². The molecule has 0 aliphatic heterocycles. The molecule has 0 saturated heterocycles. The lowest BCUT2D eigenvalue weighted by molar-refractivity contribution is 0.430. The lowest BCUT2D eigenvalue weighted by Crippen LogP contribution is -2.13. The van der Waals surface area contributed by atoms with Crippen LogP contribution >= 0.6 is 27.3 Å². The number of benzene rings is 1. The van der Waals surface area contributed by atoms with Crippen LogP contribution in [0.25, 0.3) is 6.08 Å². The first-order valence-corrected chi connectivity index (χ1v) is 11.4. The van der Waals surface area contributed by atoms with E-state index in [1.165, 1.54) is 22.5 Å². The maximum Gasteiger partial charge on any atom is 0.274 e. The van der Waals surface area contributed by atoms with Crippen molar-refractivity contribution in [3.63, 3.8) is 0 Å². The normalized spacial score (nSPS) is 12.0. The molecule has 2 heterocycles. The number of aryl methyl sites for hydroxylation is 3. The fourth-order valence-corrected chi connectivity index (χ4v) is 5.43. The first-order valence-electron chi connectivity index (χ1n) is 8.22. The molecule has 0 aliphatic carbocycles. The van der Waals surface area contributed by atoms with Crippen LogP contribution < -0.4 is 4.72 Å². The van der Waals surface area contributed by atoms with Gasteiger partial charge in [0.2, 0.25) is 0 Å². The molecule has 0 amide bonds.